The number of rotatable bonds is 3. The zero-order valence-electron chi connectivity index (χ0n) is 8.71. The van der Waals surface area contributed by atoms with Crippen molar-refractivity contribution in [2.24, 2.45) is 5.14 Å². The summed E-state index contributed by atoms with van der Waals surface area (Å²) in [5.74, 6) is 0. The van der Waals surface area contributed by atoms with Crippen LogP contribution in [-0.4, -0.2) is 36.7 Å². The van der Waals surface area contributed by atoms with E-state index in [0.717, 1.165) is 0 Å². The third-order valence-corrected chi connectivity index (χ3v) is 12.1. The summed E-state index contributed by atoms with van der Waals surface area (Å²) in [6.45, 7) is 9.06. The highest BCUT2D eigenvalue weighted by Gasteiger charge is 2.36. The maximum Gasteiger partial charge on any atom is 0.0454 e. The van der Waals surface area contributed by atoms with E-state index in [1.807, 2.05) is 0 Å². The van der Waals surface area contributed by atoms with Crippen LogP contribution in [0, 0.1) is 0 Å². The fraction of sp³-hybridized carbons (Fsp3) is 1.00. The second-order valence-corrected chi connectivity index (χ2v) is 10.4. The summed E-state index contributed by atoms with van der Waals surface area (Å²) in [5.41, 5.74) is 0. The summed E-state index contributed by atoms with van der Waals surface area (Å²) >= 11 is 0. The van der Waals surface area contributed by atoms with Crippen molar-refractivity contribution >= 4 is 19.9 Å². The molecule has 0 bridgehead atoms. The summed E-state index contributed by atoms with van der Waals surface area (Å²) in [6, 6.07) is 1.25. The molecule has 2 N–H and O–H groups in total. The third-order valence-electron chi connectivity index (χ3n) is 2.43. The predicted octanol–water partition coefficient (Wildman–Crippen LogP) is 0.796. The lowest BCUT2D eigenvalue weighted by atomic mass is 10.3. The van der Waals surface area contributed by atoms with Crippen LogP contribution in [0.4, 0.5) is 0 Å². The zero-order valence-corrected chi connectivity index (χ0v) is 10.9. The molecule has 0 unspecified atom stereocenters. The van der Waals surface area contributed by atoms with Crippen LogP contribution in [0.25, 0.3) is 0 Å². The molecule has 0 aromatic rings. The summed E-state index contributed by atoms with van der Waals surface area (Å²) in [5, 5.41) is 9.18. The van der Waals surface area contributed by atoms with E-state index >= 15 is 0 Å². The lowest BCUT2D eigenvalue weighted by Crippen LogP contribution is -2.52. The van der Waals surface area contributed by atoms with Crippen molar-refractivity contribution in [1.82, 2.24) is 4.31 Å². The Hall–Kier alpha value is 0.487. The second-order valence-electron chi connectivity index (χ2n) is 4.21. The van der Waals surface area contributed by atoms with Crippen LogP contribution in [0.5, 0.6) is 0 Å². The third kappa shape index (κ3) is 1.87. The van der Waals surface area contributed by atoms with Crippen molar-refractivity contribution in [3.63, 3.8) is 0 Å². The first-order valence-electron chi connectivity index (χ1n) is 4.82. The molecule has 0 atom stereocenters. The quantitative estimate of drug-likeness (QED) is 0.692. The maximum absolute atomic E-state index is 6.39. The highest BCUT2D eigenvalue weighted by molar-refractivity contribution is 8.34. The Labute approximate surface area is 80.3 Å². The molecule has 1 heterocycles. The number of hydrogen-bond donors (Lipinski definition) is 1. The van der Waals surface area contributed by atoms with Gasteiger partial charge in [-0.3, -0.25) is 9.44 Å². The van der Waals surface area contributed by atoms with Crippen molar-refractivity contribution in [3.05, 3.63) is 0 Å². The van der Waals surface area contributed by atoms with E-state index < -0.39 is 10.4 Å². The van der Waals surface area contributed by atoms with E-state index in [0.29, 0.717) is 12.1 Å². The Morgan fingerprint density at radius 2 is 1.58 bits per heavy atom. The van der Waals surface area contributed by atoms with E-state index in [9.17, 15) is 0 Å². The molecule has 4 heteroatoms. The molecule has 1 aliphatic rings. The summed E-state index contributed by atoms with van der Waals surface area (Å²) in [7, 11) is -0.519. The smallest absolute Gasteiger partial charge is 0.0454 e. The first kappa shape index (κ1) is 10.6. The monoisotopic (exact) mass is 206 g/mol. The minimum Gasteiger partial charge on any atom is -0.284 e. The highest BCUT2D eigenvalue weighted by Crippen LogP contribution is 2.51. The van der Waals surface area contributed by atoms with E-state index in [4.69, 9.17) is 5.14 Å². The average Bonchev–Trinajstić information content (AvgIpc) is 1.82. The Kier molecular flexibility index (Phi) is 3.25. The van der Waals surface area contributed by atoms with Gasteiger partial charge in [-0.2, -0.15) is 0 Å². The lowest BCUT2D eigenvalue weighted by molar-refractivity contribution is 0.325. The van der Waals surface area contributed by atoms with E-state index in [2.05, 4.69) is 32.0 Å². The summed E-state index contributed by atoms with van der Waals surface area (Å²) in [6.07, 6.45) is 0. The van der Waals surface area contributed by atoms with Crippen molar-refractivity contribution in [1.29, 1.82) is 0 Å². The molecule has 1 rings (SSSR count). The molecule has 0 aromatic heterocycles. The molecule has 0 aromatic carbocycles. The summed E-state index contributed by atoms with van der Waals surface area (Å²) in [4.78, 5) is 0. The molecule has 0 aliphatic carbocycles. The van der Waals surface area contributed by atoms with Gasteiger partial charge in [-0.25, -0.2) is 0 Å². The van der Waals surface area contributed by atoms with Crippen molar-refractivity contribution in [2.45, 2.75) is 39.8 Å². The van der Waals surface area contributed by atoms with Gasteiger partial charge >= 0.3 is 0 Å². The molecule has 1 aliphatic heterocycles. The molecule has 1 saturated heterocycles. The SMILES string of the molecule is CC(C)N(C(C)C)S1(N)C[SiH2]C1. The van der Waals surface area contributed by atoms with Gasteiger partial charge in [0.15, 0.2) is 0 Å². The van der Waals surface area contributed by atoms with Crippen LogP contribution in [0.15, 0.2) is 0 Å². The van der Waals surface area contributed by atoms with Crippen molar-refractivity contribution in [3.8, 4) is 0 Å². The molecule has 74 valence electrons. The van der Waals surface area contributed by atoms with Gasteiger partial charge in [0.25, 0.3) is 0 Å². The number of hydrogen-bond acceptors (Lipinski definition) is 2. The number of nitrogens with two attached hydrogens (primary N) is 1. The molecule has 0 radical (unpaired) electrons. The minimum absolute atomic E-state index is 0.264. The molecule has 2 nitrogen and oxygen atoms in total. The number of nitrogens with zero attached hydrogens (tertiary/aromatic N) is 1. The highest BCUT2D eigenvalue weighted by atomic mass is 32.3. The Morgan fingerprint density at radius 3 is 1.67 bits per heavy atom. The fourth-order valence-corrected chi connectivity index (χ4v) is 8.97. The first-order valence-corrected chi connectivity index (χ1v) is 8.81. The normalized spacial score (nSPS) is 37.3. The van der Waals surface area contributed by atoms with E-state index in [1.165, 1.54) is 10.8 Å². The van der Waals surface area contributed by atoms with Crippen LogP contribution in [-0.2, 0) is 0 Å². The van der Waals surface area contributed by atoms with Crippen LogP contribution in [0.3, 0.4) is 0 Å². The topological polar surface area (TPSA) is 29.3 Å². The fourth-order valence-electron chi connectivity index (χ4n) is 2.09. The molecule has 0 spiro atoms. The van der Waals surface area contributed by atoms with Gasteiger partial charge in [0.2, 0.25) is 0 Å². The van der Waals surface area contributed by atoms with Gasteiger partial charge in [0, 0.05) is 21.6 Å². The molecule has 12 heavy (non-hydrogen) atoms. The maximum atomic E-state index is 6.39. The van der Waals surface area contributed by atoms with Gasteiger partial charge in [-0.1, -0.05) is 0 Å². The van der Waals surface area contributed by atoms with Gasteiger partial charge in [-0.05, 0) is 38.4 Å². The average molecular weight is 206 g/mol. The van der Waals surface area contributed by atoms with Gasteiger partial charge in [-0.15, -0.1) is 10.4 Å². The Balaban J connectivity index is 2.65. The van der Waals surface area contributed by atoms with Gasteiger partial charge < -0.3 is 0 Å². The van der Waals surface area contributed by atoms with Gasteiger partial charge in [0.05, 0.1) is 0 Å². The summed E-state index contributed by atoms with van der Waals surface area (Å²) < 4.78 is 2.56. The molecular formula is C8H22N2SSi. The Bertz CT molecular complexity index is 149. The second kappa shape index (κ2) is 3.70. The zero-order chi connectivity index (χ0) is 9.35. The predicted molar refractivity (Wildman–Crippen MR) is 62.2 cm³/mol. The minimum atomic E-state index is -0.783. The van der Waals surface area contributed by atoms with Crippen LogP contribution < -0.4 is 5.14 Å². The van der Waals surface area contributed by atoms with E-state index in [1.54, 1.807) is 0 Å². The first-order chi connectivity index (χ1) is 5.47. The van der Waals surface area contributed by atoms with Gasteiger partial charge in [0.1, 0.15) is 0 Å². The standard InChI is InChI=1S/C8H22N2SSi/c1-7(2)10(8(3)4)11(9)5-12-6-11/h7-8H,5-6,9,12H2,1-4H3. The van der Waals surface area contributed by atoms with Crippen molar-refractivity contribution < 1.29 is 0 Å². The van der Waals surface area contributed by atoms with Crippen LogP contribution in [0.1, 0.15) is 27.7 Å². The molecule has 0 amide bonds. The van der Waals surface area contributed by atoms with Crippen LogP contribution in [0.2, 0.25) is 0 Å². The largest absolute Gasteiger partial charge is 0.284 e. The van der Waals surface area contributed by atoms with Crippen LogP contribution >= 0.6 is 10.4 Å². The lowest BCUT2D eigenvalue weighted by Gasteiger charge is -2.55. The molecule has 0 saturated carbocycles. The molecule has 1 fully saturated rings. The molecular weight excluding hydrogens is 184 g/mol. The van der Waals surface area contributed by atoms with E-state index in [-0.39, 0.29) is 9.52 Å². The Morgan fingerprint density at radius 1 is 1.17 bits per heavy atom. The van der Waals surface area contributed by atoms with Crippen molar-refractivity contribution in [2.75, 3.05) is 10.8 Å².